The molecular formula is C58H112O6. The third-order valence-corrected chi connectivity index (χ3v) is 13.4. The van der Waals surface area contributed by atoms with Crippen LogP contribution in [0.5, 0.6) is 0 Å². The topological polar surface area (TPSA) is 78.9 Å². The molecule has 6 heteroatoms. The summed E-state index contributed by atoms with van der Waals surface area (Å²) in [5.74, 6) is -0.838. The summed E-state index contributed by atoms with van der Waals surface area (Å²) in [7, 11) is 0. The van der Waals surface area contributed by atoms with Crippen molar-refractivity contribution >= 4 is 17.9 Å². The van der Waals surface area contributed by atoms with Crippen molar-refractivity contribution in [3.63, 3.8) is 0 Å². The number of carbonyl (C=O) groups is 3. The maximum atomic E-state index is 12.8. The highest BCUT2D eigenvalue weighted by molar-refractivity contribution is 5.71. The van der Waals surface area contributed by atoms with Crippen LogP contribution in [0.25, 0.3) is 0 Å². The van der Waals surface area contributed by atoms with Crippen molar-refractivity contribution in [2.75, 3.05) is 13.2 Å². The smallest absolute Gasteiger partial charge is 0.306 e. The molecule has 0 aliphatic heterocycles. The number of ether oxygens (including phenoxy) is 3. The van der Waals surface area contributed by atoms with Gasteiger partial charge in [-0.1, -0.05) is 297 Å². The predicted molar refractivity (Wildman–Crippen MR) is 275 cm³/mol. The first kappa shape index (κ1) is 62.4. The first-order chi connectivity index (χ1) is 31.5. The van der Waals surface area contributed by atoms with E-state index < -0.39 is 6.10 Å². The number of hydrogen-bond donors (Lipinski definition) is 0. The molecule has 0 aromatic heterocycles. The van der Waals surface area contributed by atoms with Crippen LogP contribution in [0.4, 0.5) is 0 Å². The predicted octanol–water partition coefficient (Wildman–Crippen LogP) is 19.2. The molecule has 64 heavy (non-hydrogen) atoms. The average Bonchev–Trinajstić information content (AvgIpc) is 3.29. The lowest BCUT2D eigenvalue weighted by Crippen LogP contribution is -2.30. The van der Waals surface area contributed by atoms with Crippen LogP contribution in [0.2, 0.25) is 0 Å². The van der Waals surface area contributed by atoms with E-state index in [1.807, 2.05) is 0 Å². The van der Waals surface area contributed by atoms with Gasteiger partial charge in [0.15, 0.2) is 6.10 Å². The van der Waals surface area contributed by atoms with Gasteiger partial charge in [0.2, 0.25) is 0 Å². The van der Waals surface area contributed by atoms with Gasteiger partial charge in [-0.3, -0.25) is 14.4 Å². The molecule has 0 spiro atoms. The van der Waals surface area contributed by atoms with E-state index in [9.17, 15) is 14.4 Å². The van der Waals surface area contributed by atoms with Gasteiger partial charge < -0.3 is 14.2 Å². The van der Waals surface area contributed by atoms with Crippen LogP contribution >= 0.6 is 0 Å². The molecule has 1 unspecified atom stereocenters. The fraction of sp³-hybridized carbons (Fsp3) is 0.948. The molecule has 0 N–H and O–H groups in total. The van der Waals surface area contributed by atoms with Gasteiger partial charge in [0.05, 0.1) is 0 Å². The quantitative estimate of drug-likeness (QED) is 0.0344. The van der Waals surface area contributed by atoms with Gasteiger partial charge in [0, 0.05) is 19.3 Å². The zero-order valence-corrected chi connectivity index (χ0v) is 43.6. The fourth-order valence-corrected chi connectivity index (χ4v) is 8.98. The van der Waals surface area contributed by atoms with E-state index in [0.29, 0.717) is 19.3 Å². The summed E-state index contributed by atoms with van der Waals surface area (Å²) in [5.41, 5.74) is 0. The Labute approximate surface area is 399 Å². The molecular weight excluding hydrogens is 793 g/mol. The Morgan fingerprint density at radius 3 is 0.625 bits per heavy atom. The monoisotopic (exact) mass is 905 g/mol. The summed E-state index contributed by atoms with van der Waals surface area (Å²) in [4.78, 5) is 38.0. The number of hydrogen-bond acceptors (Lipinski definition) is 6. The summed E-state index contributed by atoms with van der Waals surface area (Å²) in [6.45, 7) is 6.68. The summed E-state index contributed by atoms with van der Waals surface area (Å²) in [6.07, 6.45) is 59.7. The Bertz CT molecular complexity index is 951. The van der Waals surface area contributed by atoms with Crippen LogP contribution in [0.15, 0.2) is 0 Å². The standard InChI is InChI=1S/C58H112O6/c1-4-7-10-13-16-19-22-24-25-26-27-28-29-30-31-32-33-34-35-37-39-42-45-48-51-57(60)63-54-55(53-62-56(59)50-47-44-41-38-21-18-15-12-9-6-3)64-58(61)52-49-46-43-40-36-23-20-17-14-11-8-5-2/h55H,4-54H2,1-3H3. The van der Waals surface area contributed by atoms with Crippen LogP contribution in [-0.2, 0) is 28.6 Å². The molecule has 0 heterocycles. The molecule has 6 nitrogen and oxygen atoms in total. The Balaban J connectivity index is 4.11. The first-order valence-electron chi connectivity index (χ1n) is 29.0. The highest BCUT2D eigenvalue weighted by Gasteiger charge is 2.19. The average molecular weight is 906 g/mol. The van der Waals surface area contributed by atoms with Crippen molar-refractivity contribution in [1.82, 2.24) is 0 Å². The maximum absolute atomic E-state index is 12.8. The van der Waals surface area contributed by atoms with Crippen LogP contribution in [0.1, 0.15) is 335 Å². The minimum atomic E-state index is -0.760. The van der Waals surface area contributed by atoms with Crippen LogP contribution in [-0.4, -0.2) is 37.2 Å². The molecule has 1 atom stereocenters. The Morgan fingerprint density at radius 1 is 0.250 bits per heavy atom. The third-order valence-electron chi connectivity index (χ3n) is 13.4. The number of rotatable bonds is 54. The zero-order chi connectivity index (χ0) is 46.5. The Hall–Kier alpha value is -1.59. The second-order valence-corrected chi connectivity index (χ2v) is 19.9. The maximum Gasteiger partial charge on any atom is 0.306 e. The summed E-state index contributed by atoms with van der Waals surface area (Å²) < 4.78 is 16.8. The molecule has 0 radical (unpaired) electrons. The summed E-state index contributed by atoms with van der Waals surface area (Å²) in [6, 6.07) is 0. The van der Waals surface area contributed by atoms with Gasteiger partial charge >= 0.3 is 17.9 Å². The lowest BCUT2D eigenvalue weighted by atomic mass is 10.0. The number of esters is 3. The lowest BCUT2D eigenvalue weighted by Gasteiger charge is -2.18. The number of unbranched alkanes of at least 4 members (excludes halogenated alkanes) is 43. The normalized spacial score (nSPS) is 11.9. The Morgan fingerprint density at radius 2 is 0.422 bits per heavy atom. The molecule has 0 amide bonds. The van der Waals surface area contributed by atoms with E-state index >= 15 is 0 Å². The van der Waals surface area contributed by atoms with E-state index in [0.717, 1.165) is 57.8 Å². The second-order valence-electron chi connectivity index (χ2n) is 19.9. The van der Waals surface area contributed by atoms with E-state index in [4.69, 9.17) is 14.2 Å². The van der Waals surface area contributed by atoms with E-state index in [1.54, 1.807) is 0 Å². The molecule has 0 rings (SSSR count). The molecule has 380 valence electrons. The SMILES string of the molecule is CCCCCCCCCCCCCCCCCCCCCCCCCCC(=O)OCC(COC(=O)CCCCCCCCCCCC)OC(=O)CCCCCCCCCCCCCC. The largest absolute Gasteiger partial charge is 0.462 e. The lowest BCUT2D eigenvalue weighted by molar-refractivity contribution is -0.167. The fourth-order valence-electron chi connectivity index (χ4n) is 8.98. The van der Waals surface area contributed by atoms with Crippen molar-refractivity contribution in [2.24, 2.45) is 0 Å². The van der Waals surface area contributed by atoms with E-state index in [1.165, 1.54) is 238 Å². The van der Waals surface area contributed by atoms with Crippen LogP contribution in [0, 0.1) is 0 Å². The van der Waals surface area contributed by atoms with Crippen LogP contribution < -0.4 is 0 Å². The molecule has 0 bridgehead atoms. The minimum absolute atomic E-state index is 0.0616. The van der Waals surface area contributed by atoms with Crippen molar-refractivity contribution in [1.29, 1.82) is 0 Å². The van der Waals surface area contributed by atoms with E-state index in [2.05, 4.69) is 20.8 Å². The van der Waals surface area contributed by atoms with Crippen LogP contribution in [0.3, 0.4) is 0 Å². The Kier molecular flexibility index (Phi) is 52.7. The molecule has 0 aliphatic rings. The first-order valence-corrected chi connectivity index (χ1v) is 29.0. The van der Waals surface area contributed by atoms with E-state index in [-0.39, 0.29) is 31.1 Å². The van der Waals surface area contributed by atoms with Crippen molar-refractivity contribution in [2.45, 2.75) is 341 Å². The van der Waals surface area contributed by atoms with Gasteiger partial charge in [-0.05, 0) is 19.3 Å². The molecule has 0 aromatic carbocycles. The second kappa shape index (κ2) is 54.0. The highest BCUT2D eigenvalue weighted by atomic mass is 16.6. The van der Waals surface area contributed by atoms with Gasteiger partial charge in [0.25, 0.3) is 0 Å². The van der Waals surface area contributed by atoms with Crippen molar-refractivity contribution in [3.05, 3.63) is 0 Å². The van der Waals surface area contributed by atoms with Gasteiger partial charge in [-0.25, -0.2) is 0 Å². The zero-order valence-electron chi connectivity index (χ0n) is 43.6. The van der Waals surface area contributed by atoms with Gasteiger partial charge in [-0.2, -0.15) is 0 Å². The molecule has 0 aliphatic carbocycles. The molecule has 0 fully saturated rings. The molecule has 0 aromatic rings. The van der Waals surface area contributed by atoms with Crippen molar-refractivity contribution in [3.8, 4) is 0 Å². The summed E-state index contributed by atoms with van der Waals surface area (Å²) >= 11 is 0. The summed E-state index contributed by atoms with van der Waals surface area (Å²) in [5, 5.41) is 0. The minimum Gasteiger partial charge on any atom is -0.462 e. The highest BCUT2D eigenvalue weighted by Crippen LogP contribution is 2.18. The van der Waals surface area contributed by atoms with Gasteiger partial charge in [0.1, 0.15) is 13.2 Å². The van der Waals surface area contributed by atoms with Gasteiger partial charge in [-0.15, -0.1) is 0 Å². The van der Waals surface area contributed by atoms with Crippen molar-refractivity contribution < 1.29 is 28.6 Å². The molecule has 0 saturated carbocycles. The molecule has 0 saturated heterocycles. The number of carbonyl (C=O) groups excluding carboxylic acids is 3. The third kappa shape index (κ3) is 51.4.